The number of sulfonamides is 1. The predicted octanol–water partition coefficient (Wildman–Crippen LogP) is 2.15. The van der Waals surface area contributed by atoms with Crippen LogP contribution in [0.1, 0.15) is 6.92 Å². The van der Waals surface area contributed by atoms with Gasteiger partial charge in [-0.15, -0.1) is 0 Å². The fourth-order valence-corrected chi connectivity index (χ4v) is 5.62. The highest BCUT2D eigenvalue weighted by atomic mass is 35.5. The standard InChI is InChI=1S/C21H22ClFN4O4S/c1-2-26-18-5-3-4-6-19(18)27(21(26)29)14-20(28)24-9-11-25(12-10-24)32(30,31)15-7-8-17(23)16(22)13-15/h3-8,13H,2,9-12,14H2,1H3. The minimum Gasteiger partial charge on any atom is -0.338 e. The zero-order chi connectivity index (χ0) is 23.0. The number of carbonyl (C=O) groups excluding carboxylic acids is 1. The summed E-state index contributed by atoms with van der Waals surface area (Å²) in [7, 11) is -3.86. The van der Waals surface area contributed by atoms with Crippen molar-refractivity contribution in [1.29, 1.82) is 0 Å². The fourth-order valence-electron chi connectivity index (χ4n) is 3.93. The molecule has 3 aromatic rings. The van der Waals surface area contributed by atoms with Crippen LogP contribution in [0.2, 0.25) is 5.02 Å². The Labute approximate surface area is 189 Å². The molecule has 0 atom stereocenters. The first kappa shape index (κ1) is 22.5. The van der Waals surface area contributed by atoms with Crippen LogP contribution in [0.5, 0.6) is 0 Å². The number of imidazole rings is 1. The minimum absolute atomic E-state index is 0.0920. The average molecular weight is 481 g/mol. The van der Waals surface area contributed by atoms with E-state index in [4.69, 9.17) is 11.6 Å². The van der Waals surface area contributed by atoms with Gasteiger partial charge < -0.3 is 4.90 Å². The van der Waals surface area contributed by atoms with Gasteiger partial charge in [-0.2, -0.15) is 4.31 Å². The van der Waals surface area contributed by atoms with E-state index in [0.717, 1.165) is 17.6 Å². The van der Waals surface area contributed by atoms with Crippen molar-refractivity contribution in [3.8, 4) is 0 Å². The first-order chi connectivity index (χ1) is 15.2. The van der Waals surface area contributed by atoms with Crippen LogP contribution in [-0.2, 0) is 27.9 Å². The van der Waals surface area contributed by atoms with Crippen molar-refractivity contribution in [2.24, 2.45) is 0 Å². The summed E-state index contributed by atoms with van der Waals surface area (Å²) in [5, 5.41) is -0.267. The number of hydrogen-bond donors (Lipinski definition) is 0. The van der Waals surface area contributed by atoms with Crippen molar-refractivity contribution in [2.45, 2.75) is 24.9 Å². The summed E-state index contributed by atoms with van der Waals surface area (Å²) >= 11 is 5.73. The Morgan fingerprint density at radius 1 is 1.03 bits per heavy atom. The van der Waals surface area contributed by atoms with E-state index in [-0.39, 0.29) is 54.2 Å². The molecule has 0 spiro atoms. The van der Waals surface area contributed by atoms with E-state index in [0.29, 0.717) is 12.1 Å². The molecule has 0 saturated carbocycles. The average Bonchev–Trinajstić information content (AvgIpc) is 3.06. The number of rotatable bonds is 5. The molecule has 0 unspecified atom stereocenters. The Bertz CT molecular complexity index is 1340. The van der Waals surface area contributed by atoms with E-state index in [9.17, 15) is 22.4 Å². The molecule has 2 heterocycles. The lowest BCUT2D eigenvalue weighted by Gasteiger charge is -2.34. The number of fused-ring (bicyclic) bond motifs is 1. The maximum atomic E-state index is 13.4. The first-order valence-electron chi connectivity index (χ1n) is 10.1. The molecule has 170 valence electrons. The van der Waals surface area contributed by atoms with Gasteiger partial charge >= 0.3 is 5.69 Å². The Hall–Kier alpha value is -2.69. The molecule has 1 fully saturated rings. The van der Waals surface area contributed by atoms with E-state index in [1.165, 1.54) is 14.9 Å². The third-order valence-corrected chi connectivity index (χ3v) is 7.84. The lowest BCUT2D eigenvalue weighted by atomic mass is 10.3. The van der Waals surface area contributed by atoms with Gasteiger partial charge in [0.2, 0.25) is 15.9 Å². The van der Waals surface area contributed by atoms with Crippen molar-refractivity contribution < 1.29 is 17.6 Å². The third kappa shape index (κ3) is 3.94. The van der Waals surface area contributed by atoms with Gasteiger partial charge in [-0.3, -0.25) is 13.9 Å². The van der Waals surface area contributed by atoms with Crippen molar-refractivity contribution in [3.63, 3.8) is 0 Å². The molecule has 1 saturated heterocycles. The number of aromatic nitrogens is 2. The Morgan fingerprint density at radius 2 is 1.66 bits per heavy atom. The van der Waals surface area contributed by atoms with E-state index in [2.05, 4.69) is 0 Å². The molecule has 11 heteroatoms. The van der Waals surface area contributed by atoms with Gasteiger partial charge in [0, 0.05) is 32.7 Å². The summed E-state index contributed by atoms with van der Waals surface area (Å²) in [5.41, 5.74) is 1.19. The van der Waals surface area contributed by atoms with Crippen LogP contribution in [-0.4, -0.2) is 58.8 Å². The van der Waals surface area contributed by atoms with E-state index in [1.54, 1.807) is 15.5 Å². The number of para-hydroxylation sites is 2. The van der Waals surface area contributed by atoms with Crippen molar-refractivity contribution in [2.75, 3.05) is 26.2 Å². The molecular formula is C21H22ClFN4O4S. The zero-order valence-electron chi connectivity index (χ0n) is 17.4. The van der Waals surface area contributed by atoms with Gasteiger partial charge in [0.1, 0.15) is 12.4 Å². The number of carbonyl (C=O) groups is 1. The molecule has 4 rings (SSSR count). The van der Waals surface area contributed by atoms with Crippen LogP contribution >= 0.6 is 11.6 Å². The Balaban J connectivity index is 1.48. The predicted molar refractivity (Wildman–Crippen MR) is 119 cm³/mol. The summed E-state index contributed by atoms with van der Waals surface area (Å²) in [4.78, 5) is 27.1. The molecule has 0 aliphatic carbocycles. The molecule has 32 heavy (non-hydrogen) atoms. The van der Waals surface area contributed by atoms with Gasteiger partial charge in [0.25, 0.3) is 0 Å². The largest absolute Gasteiger partial charge is 0.338 e. The SMILES string of the molecule is CCn1c(=O)n(CC(=O)N2CCN(S(=O)(=O)c3ccc(F)c(Cl)c3)CC2)c2ccccc21. The summed E-state index contributed by atoms with van der Waals surface area (Å²) in [6, 6.07) is 10.6. The molecule has 0 N–H and O–H groups in total. The van der Waals surface area contributed by atoms with E-state index in [1.807, 2.05) is 25.1 Å². The second-order valence-electron chi connectivity index (χ2n) is 7.46. The molecule has 1 aliphatic rings. The normalized spacial score (nSPS) is 15.4. The lowest BCUT2D eigenvalue weighted by molar-refractivity contribution is -0.133. The second kappa shape index (κ2) is 8.68. The summed E-state index contributed by atoms with van der Waals surface area (Å²) in [5.74, 6) is -0.950. The van der Waals surface area contributed by atoms with Gasteiger partial charge in [0.05, 0.1) is 21.0 Å². The third-order valence-electron chi connectivity index (χ3n) is 5.65. The van der Waals surface area contributed by atoms with Gasteiger partial charge in [-0.05, 0) is 37.3 Å². The van der Waals surface area contributed by atoms with Crippen LogP contribution in [0, 0.1) is 5.82 Å². The maximum absolute atomic E-state index is 13.4. The number of amides is 1. The molecule has 1 amide bonds. The molecule has 0 radical (unpaired) electrons. The molecule has 2 aromatic carbocycles. The van der Waals surface area contributed by atoms with Crippen molar-refractivity contribution in [1.82, 2.24) is 18.3 Å². The monoisotopic (exact) mass is 480 g/mol. The number of aryl methyl sites for hydroxylation is 1. The second-order valence-corrected chi connectivity index (χ2v) is 9.81. The molecule has 0 bridgehead atoms. The number of hydrogen-bond acceptors (Lipinski definition) is 4. The van der Waals surface area contributed by atoms with Gasteiger partial charge in [0.15, 0.2) is 0 Å². The summed E-state index contributed by atoms with van der Waals surface area (Å²) in [6.07, 6.45) is 0. The number of halogens is 2. The Morgan fingerprint density at radius 3 is 2.25 bits per heavy atom. The quantitative estimate of drug-likeness (QED) is 0.560. The highest BCUT2D eigenvalue weighted by molar-refractivity contribution is 7.89. The fraction of sp³-hybridized carbons (Fsp3) is 0.333. The van der Waals surface area contributed by atoms with Gasteiger partial charge in [-0.25, -0.2) is 17.6 Å². The van der Waals surface area contributed by atoms with E-state index >= 15 is 0 Å². The molecular weight excluding hydrogens is 459 g/mol. The minimum atomic E-state index is -3.86. The highest BCUT2D eigenvalue weighted by Gasteiger charge is 2.31. The highest BCUT2D eigenvalue weighted by Crippen LogP contribution is 2.23. The van der Waals surface area contributed by atoms with E-state index < -0.39 is 15.8 Å². The van der Waals surface area contributed by atoms with Crippen molar-refractivity contribution in [3.05, 3.63) is 63.8 Å². The number of nitrogens with zero attached hydrogens (tertiary/aromatic N) is 4. The maximum Gasteiger partial charge on any atom is 0.329 e. The summed E-state index contributed by atoms with van der Waals surface area (Å²) < 4.78 is 43.4. The van der Waals surface area contributed by atoms with Crippen LogP contribution in [0.4, 0.5) is 4.39 Å². The lowest BCUT2D eigenvalue weighted by Crippen LogP contribution is -2.51. The molecule has 8 nitrogen and oxygen atoms in total. The first-order valence-corrected chi connectivity index (χ1v) is 12.0. The van der Waals surface area contributed by atoms with Crippen LogP contribution in [0.3, 0.4) is 0 Å². The van der Waals surface area contributed by atoms with Crippen molar-refractivity contribution >= 4 is 38.6 Å². The summed E-state index contributed by atoms with van der Waals surface area (Å²) in [6.45, 7) is 2.80. The molecule has 1 aliphatic heterocycles. The van der Waals surface area contributed by atoms with Crippen LogP contribution in [0.25, 0.3) is 11.0 Å². The molecule has 1 aromatic heterocycles. The Kier molecular flexibility index (Phi) is 6.11. The zero-order valence-corrected chi connectivity index (χ0v) is 18.9. The topological polar surface area (TPSA) is 84.6 Å². The van der Waals surface area contributed by atoms with Crippen LogP contribution < -0.4 is 5.69 Å². The van der Waals surface area contributed by atoms with Gasteiger partial charge in [-0.1, -0.05) is 23.7 Å². The van der Waals surface area contributed by atoms with Crippen LogP contribution in [0.15, 0.2) is 52.2 Å². The number of piperazine rings is 1. The number of benzene rings is 2. The smallest absolute Gasteiger partial charge is 0.329 e.